The number of aromatic nitrogens is 1. The fraction of sp³-hybridized carbons (Fsp3) is 0.444. The molecule has 11 heteroatoms. The van der Waals surface area contributed by atoms with Crippen LogP contribution in [0.15, 0.2) is 36.4 Å². The summed E-state index contributed by atoms with van der Waals surface area (Å²) in [6.45, 7) is 1.33. The fourth-order valence-corrected chi connectivity index (χ4v) is 3.60. The summed E-state index contributed by atoms with van der Waals surface area (Å²) in [5.74, 6) is -0.646. The Hall–Kier alpha value is -2.07. The summed E-state index contributed by atoms with van der Waals surface area (Å²) in [7, 11) is 0. The van der Waals surface area contributed by atoms with Crippen molar-refractivity contribution in [1.29, 1.82) is 0 Å². The van der Waals surface area contributed by atoms with Gasteiger partial charge in [-0.05, 0) is 17.7 Å². The van der Waals surface area contributed by atoms with Gasteiger partial charge in [0.25, 0.3) is 0 Å². The van der Waals surface area contributed by atoms with Crippen LogP contribution in [0.5, 0.6) is 0 Å². The molecular weight excluding hydrogens is 431 g/mol. The van der Waals surface area contributed by atoms with Gasteiger partial charge >= 0.3 is 17.3 Å². The van der Waals surface area contributed by atoms with E-state index in [1.807, 2.05) is 0 Å². The summed E-state index contributed by atoms with van der Waals surface area (Å²) in [5.41, 5.74) is 1.17. The molecule has 29 heavy (non-hydrogen) atoms. The van der Waals surface area contributed by atoms with Gasteiger partial charge in [0.1, 0.15) is 6.61 Å². The lowest BCUT2D eigenvalue weighted by Crippen LogP contribution is -2.40. The first kappa shape index (κ1) is 23.2. The van der Waals surface area contributed by atoms with Crippen molar-refractivity contribution in [3.05, 3.63) is 36.4 Å². The van der Waals surface area contributed by atoms with E-state index in [0.29, 0.717) is 10.9 Å². The number of amides is 1. The third kappa shape index (κ3) is 7.36. The number of esters is 1. The van der Waals surface area contributed by atoms with Crippen LogP contribution < -0.4 is 0 Å². The number of nitrogens with zero attached hydrogens (tertiary/aromatic N) is 3. The van der Waals surface area contributed by atoms with Gasteiger partial charge in [-0.2, -0.15) is 24.9 Å². The minimum Gasteiger partial charge on any atom is -0.464 e. The van der Waals surface area contributed by atoms with Gasteiger partial charge in [-0.1, -0.05) is 0 Å². The van der Waals surface area contributed by atoms with Crippen LogP contribution in [0.25, 0.3) is 0 Å². The minimum absolute atomic E-state index is 0.0172. The Balaban J connectivity index is 1.96. The molecule has 1 aliphatic heterocycles. The maximum Gasteiger partial charge on any atom is 0.389 e. The minimum atomic E-state index is -4.21. The predicted octanol–water partition coefficient (Wildman–Crippen LogP) is 3.69. The maximum absolute atomic E-state index is 12.6. The average Bonchev–Trinajstić information content (AvgIpc) is 2.65. The summed E-state index contributed by atoms with van der Waals surface area (Å²) < 4.78 is 43.1. The van der Waals surface area contributed by atoms with Gasteiger partial charge in [0.05, 0.1) is 19.2 Å². The van der Waals surface area contributed by atoms with Crippen molar-refractivity contribution in [3.8, 4) is 0 Å². The van der Waals surface area contributed by atoms with Crippen LogP contribution in [-0.2, 0) is 14.3 Å². The van der Waals surface area contributed by atoms with Crippen LogP contribution in [0.3, 0.4) is 0 Å². The second kappa shape index (κ2) is 10.6. The lowest BCUT2D eigenvalue weighted by atomic mass is 10.2. The number of alkyl halides is 3. The van der Waals surface area contributed by atoms with E-state index < -0.39 is 18.6 Å². The molecule has 0 fully saturated rings. The Kier molecular flexibility index (Phi) is 8.51. The largest absolute Gasteiger partial charge is 0.464 e. The summed E-state index contributed by atoms with van der Waals surface area (Å²) in [6, 6.07) is 3.54. The van der Waals surface area contributed by atoms with Crippen LogP contribution in [0.1, 0.15) is 19.8 Å². The van der Waals surface area contributed by atoms with E-state index in [2.05, 4.69) is 4.98 Å². The van der Waals surface area contributed by atoms with E-state index in [4.69, 9.17) is 16.3 Å². The van der Waals surface area contributed by atoms with Crippen molar-refractivity contribution in [2.75, 3.05) is 24.7 Å². The highest BCUT2D eigenvalue weighted by Crippen LogP contribution is 2.26. The SMILES string of the molecule is CC(=O)OCCN(C(=O)CCSCCC(F)(F)F)C1=C[N+](c2cccnc2)=C1Cl. The molecular formula is C18H20ClF3N3O3S+. The summed E-state index contributed by atoms with van der Waals surface area (Å²) >= 11 is 7.40. The molecule has 0 radical (unpaired) electrons. The second-order valence-corrected chi connectivity index (χ2v) is 7.58. The molecule has 0 atom stereocenters. The Bertz CT molecular complexity index is 801. The van der Waals surface area contributed by atoms with Crippen molar-refractivity contribution in [2.45, 2.75) is 25.9 Å². The van der Waals surface area contributed by atoms with Crippen LogP contribution in [0.4, 0.5) is 18.9 Å². The predicted molar refractivity (Wildman–Crippen MR) is 104 cm³/mol. The number of carbonyl (C=O) groups is 2. The van der Waals surface area contributed by atoms with E-state index in [1.54, 1.807) is 35.3 Å². The van der Waals surface area contributed by atoms with E-state index in [9.17, 15) is 22.8 Å². The highest BCUT2D eigenvalue weighted by molar-refractivity contribution is 7.99. The Morgan fingerprint density at radius 3 is 2.69 bits per heavy atom. The number of ether oxygens (including phenoxy) is 1. The van der Waals surface area contributed by atoms with Gasteiger partial charge in [0.2, 0.25) is 17.8 Å². The molecule has 158 valence electrons. The molecule has 0 aromatic carbocycles. The molecule has 0 unspecified atom stereocenters. The molecule has 0 bridgehead atoms. The van der Waals surface area contributed by atoms with Crippen LogP contribution in [-0.4, -0.2) is 62.3 Å². The second-order valence-electron chi connectivity index (χ2n) is 6.00. The zero-order valence-corrected chi connectivity index (χ0v) is 17.2. The normalized spacial score (nSPS) is 13.6. The van der Waals surface area contributed by atoms with Gasteiger partial charge in [-0.3, -0.25) is 19.5 Å². The number of pyridine rings is 1. The monoisotopic (exact) mass is 450 g/mol. The standard InChI is InChI=1S/C18H20ClF3N3O3S/c1-13(26)28-8-7-24(16(27)4-9-29-10-5-18(20,21)22)15-12-25(17(15)19)14-3-2-6-23-11-14/h2-3,6,11-12H,4-5,7-10H2,1H3/q+1. The number of halogens is 4. The first-order valence-corrected chi connectivity index (χ1v) is 10.2. The summed E-state index contributed by atoms with van der Waals surface area (Å²) in [6.07, 6.45) is -0.182. The van der Waals surface area contributed by atoms with Crippen molar-refractivity contribution in [2.24, 2.45) is 0 Å². The fourth-order valence-electron chi connectivity index (χ4n) is 2.40. The van der Waals surface area contributed by atoms with Crippen LogP contribution >= 0.6 is 23.4 Å². The van der Waals surface area contributed by atoms with Gasteiger partial charge in [-0.15, -0.1) is 4.58 Å². The zero-order valence-electron chi connectivity index (χ0n) is 15.6. The molecule has 0 spiro atoms. The highest BCUT2D eigenvalue weighted by atomic mass is 35.5. The van der Waals surface area contributed by atoms with Crippen molar-refractivity contribution in [1.82, 2.24) is 9.88 Å². The van der Waals surface area contributed by atoms with E-state index in [0.717, 1.165) is 17.4 Å². The van der Waals surface area contributed by atoms with Gasteiger partial charge in [0.15, 0.2) is 5.70 Å². The number of carbonyl (C=O) groups excluding carboxylic acids is 2. The molecule has 2 rings (SSSR count). The van der Waals surface area contributed by atoms with Crippen molar-refractivity contribution in [3.63, 3.8) is 0 Å². The van der Waals surface area contributed by atoms with E-state index >= 15 is 0 Å². The number of hydrogen-bond donors (Lipinski definition) is 0. The Morgan fingerprint density at radius 1 is 1.34 bits per heavy atom. The van der Waals surface area contributed by atoms with Gasteiger partial charge < -0.3 is 4.74 Å². The lowest BCUT2D eigenvalue weighted by molar-refractivity contribution is -0.373. The molecule has 1 aromatic rings. The van der Waals surface area contributed by atoms with Crippen LogP contribution in [0.2, 0.25) is 0 Å². The Labute approximate surface area is 175 Å². The molecule has 1 aliphatic rings. The first-order chi connectivity index (χ1) is 13.7. The molecule has 1 aromatic heterocycles. The first-order valence-electron chi connectivity index (χ1n) is 8.71. The molecule has 6 nitrogen and oxygen atoms in total. The van der Waals surface area contributed by atoms with E-state index in [1.165, 1.54) is 11.8 Å². The smallest absolute Gasteiger partial charge is 0.389 e. The Morgan fingerprint density at radius 2 is 2.10 bits per heavy atom. The topological polar surface area (TPSA) is 62.5 Å². The summed E-state index contributed by atoms with van der Waals surface area (Å²) in [4.78, 5) is 29.0. The van der Waals surface area contributed by atoms with Gasteiger partial charge in [-0.25, -0.2) is 0 Å². The molecule has 1 amide bonds. The third-order valence-electron chi connectivity index (χ3n) is 3.80. The number of rotatable bonds is 10. The molecule has 0 saturated carbocycles. The van der Waals surface area contributed by atoms with Gasteiger partial charge in [0, 0.05) is 37.1 Å². The van der Waals surface area contributed by atoms with Crippen LogP contribution in [0, 0.1) is 0 Å². The average molecular weight is 451 g/mol. The number of thioether (sulfide) groups is 1. The number of allylic oxidation sites excluding steroid dienone is 1. The van der Waals surface area contributed by atoms with Crippen molar-refractivity contribution >= 4 is 46.1 Å². The molecule has 0 aliphatic carbocycles. The number of hydrogen-bond acceptors (Lipinski definition) is 5. The lowest BCUT2D eigenvalue weighted by Gasteiger charge is -2.25. The van der Waals surface area contributed by atoms with E-state index in [-0.39, 0.29) is 37.0 Å². The molecule has 0 N–H and O–H groups in total. The third-order valence-corrected chi connectivity index (χ3v) is 5.16. The van der Waals surface area contributed by atoms with Crippen molar-refractivity contribution < 1.29 is 32.1 Å². The summed E-state index contributed by atoms with van der Waals surface area (Å²) in [5, 5.41) is 0.305. The zero-order chi connectivity index (χ0) is 21.4. The highest BCUT2D eigenvalue weighted by Gasteiger charge is 2.37. The molecule has 2 heterocycles. The maximum atomic E-state index is 12.6. The quantitative estimate of drug-likeness (QED) is 0.309. The molecule has 0 saturated heterocycles.